The maximum absolute atomic E-state index is 11.9. The van der Waals surface area contributed by atoms with E-state index in [0.29, 0.717) is 17.6 Å². The summed E-state index contributed by atoms with van der Waals surface area (Å²) >= 11 is 2.05. The summed E-state index contributed by atoms with van der Waals surface area (Å²) in [6.45, 7) is 7.58. The number of hydrogen-bond donors (Lipinski definition) is 2. The third-order valence-corrected chi connectivity index (χ3v) is 5.47. The number of carbonyl (C=O) groups is 1. The Kier molecular flexibility index (Phi) is 7.49. The Labute approximate surface area is 148 Å². The number of guanidine groups is 1. The molecule has 0 saturated carbocycles. The van der Waals surface area contributed by atoms with Crippen LogP contribution in [0.3, 0.4) is 0 Å². The first-order valence-electron chi connectivity index (χ1n) is 8.55. The van der Waals surface area contributed by atoms with E-state index in [1.165, 1.54) is 12.7 Å². The molecule has 0 aromatic carbocycles. The normalized spacial score (nSPS) is 18.5. The Bertz CT molecular complexity index is 559. The number of thioether (sulfide) groups is 1. The van der Waals surface area contributed by atoms with Crippen LogP contribution in [0.4, 0.5) is 0 Å². The molecule has 0 spiro atoms. The van der Waals surface area contributed by atoms with Crippen LogP contribution >= 0.6 is 11.8 Å². The maximum atomic E-state index is 11.9. The Morgan fingerprint density at radius 2 is 2.25 bits per heavy atom. The standard InChI is InChI=1S/C17H28N4O2S/c1-4-14-12-21(9-11-24-14)17(18-3)20-8-5-7-19-16(22)15-13(2)6-10-23-15/h6,10,14H,4-5,7-9,11-12H2,1-3H3,(H,18,20)(H,19,22). The molecule has 1 aromatic heterocycles. The molecular weight excluding hydrogens is 324 g/mol. The van der Waals surface area contributed by atoms with Crippen LogP contribution in [0.15, 0.2) is 21.7 Å². The number of carbonyl (C=O) groups excluding carboxylic acids is 1. The number of nitrogens with one attached hydrogen (secondary N) is 2. The molecule has 0 radical (unpaired) electrons. The van der Waals surface area contributed by atoms with Crippen LogP contribution in [-0.2, 0) is 0 Å². The number of aliphatic imine (C=N–C) groups is 1. The zero-order valence-electron chi connectivity index (χ0n) is 14.8. The van der Waals surface area contributed by atoms with Crippen LogP contribution < -0.4 is 10.6 Å². The second-order valence-corrected chi connectivity index (χ2v) is 7.27. The van der Waals surface area contributed by atoms with Gasteiger partial charge in [-0.2, -0.15) is 11.8 Å². The fraction of sp³-hybridized carbons (Fsp3) is 0.647. The number of hydrogen-bond acceptors (Lipinski definition) is 4. The molecule has 1 aliphatic rings. The highest BCUT2D eigenvalue weighted by Crippen LogP contribution is 2.20. The van der Waals surface area contributed by atoms with Crippen molar-refractivity contribution in [2.75, 3.05) is 39.0 Å². The molecule has 7 heteroatoms. The first-order valence-corrected chi connectivity index (χ1v) is 9.60. The van der Waals surface area contributed by atoms with E-state index >= 15 is 0 Å². The van der Waals surface area contributed by atoms with Crippen LogP contribution in [0.5, 0.6) is 0 Å². The summed E-state index contributed by atoms with van der Waals surface area (Å²) in [6.07, 6.45) is 3.57. The average Bonchev–Trinajstić information content (AvgIpc) is 3.04. The number of amides is 1. The molecule has 0 bridgehead atoms. The van der Waals surface area contributed by atoms with Crippen molar-refractivity contribution in [3.8, 4) is 0 Å². The van der Waals surface area contributed by atoms with Crippen LogP contribution in [0.2, 0.25) is 0 Å². The van der Waals surface area contributed by atoms with Crippen molar-refractivity contribution in [2.45, 2.75) is 31.9 Å². The topological polar surface area (TPSA) is 69.9 Å². The zero-order chi connectivity index (χ0) is 17.4. The lowest BCUT2D eigenvalue weighted by atomic mass is 10.2. The summed E-state index contributed by atoms with van der Waals surface area (Å²) in [4.78, 5) is 18.7. The van der Waals surface area contributed by atoms with Gasteiger partial charge in [0, 0.05) is 49.8 Å². The molecule has 2 rings (SSSR count). The predicted octanol–water partition coefficient (Wildman–Crippen LogP) is 2.11. The molecule has 1 amide bonds. The first-order chi connectivity index (χ1) is 11.7. The lowest BCUT2D eigenvalue weighted by Gasteiger charge is -2.34. The molecular formula is C17H28N4O2S. The van der Waals surface area contributed by atoms with Crippen molar-refractivity contribution in [3.63, 3.8) is 0 Å². The predicted molar refractivity (Wildman–Crippen MR) is 99.9 cm³/mol. The highest BCUT2D eigenvalue weighted by molar-refractivity contribution is 8.00. The number of nitrogens with zero attached hydrogens (tertiary/aromatic N) is 2. The summed E-state index contributed by atoms with van der Waals surface area (Å²) in [5.74, 6) is 2.36. The largest absolute Gasteiger partial charge is 0.459 e. The SMILES string of the molecule is CCC1CN(C(=NC)NCCCNC(=O)c2occc2C)CCS1. The van der Waals surface area contributed by atoms with E-state index in [0.717, 1.165) is 43.3 Å². The fourth-order valence-corrected chi connectivity index (χ4v) is 3.85. The molecule has 1 aliphatic heterocycles. The van der Waals surface area contributed by atoms with Gasteiger partial charge < -0.3 is 20.0 Å². The highest BCUT2D eigenvalue weighted by atomic mass is 32.2. The van der Waals surface area contributed by atoms with Crippen molar-refractivity contribution in [1.82, 2.24) is 15.5 Å². The molecule has 1 aromatic rings. The molecule has 2 heterocycles. The van der Waals surface area contributed by atoms with E-state index in [2.05, 4.69) is 27.4 Å². The van der Waals surface area contributed by atoms with E-state index in [-0.39, 0.29) is 5.91 Å². The Morgan fingerprint density at radius 1 is 1.46 bits per heavy atom. The minimum Gasteiger partial charge on any atom is -0.459 e. The van der Waals surface area contributed by atoms with Gasteiger partial charge in [-0.15, -0.1) is 0 Å². The summed E-state index contributed by atoms with van der Waals surface area (Å²) < 4.78 is 5.18. The maximum Gasteiger partial charge on any atom is 0.287 e. The summed E-state index contributed by atoms with van der Waals surface area (Å²) in [5.41, 5.74) is 0.861. The quantitative estimate of drug-likeness (QED) is 0.466. The molecule has 134 valence electrons. The molecule has 1 unspecified atom stereocenters. The Morgan fingerprint density at radius 3 is 2.92 bits per heavy atom. The lowest BCUT2D eigenvalue weighted by molar-refractivity contribution is 0.0925. The molecule has 24 heavy (non-hydrogen) atoms. The molecule has 6 nitrogen and oxygen atoms in total. The van der Waals surface area contributed by atoms with Crippen molar-refractivity contribution in [3.05, 3.63) is 23.7 Å². The lowest BCUT2D eigenvalue weighted by Crippen LogP contribution is -2.48. The smallest absolute Gasteiger partial charge is 0.287 e. The Hall–Kier alpha value is -1.63. The fourth-order valence-electron chi connectivity index (χ4n) is 2.67. The molecule has 1 atom stereocenters. The van der Waals surface area contributed by atoms with Gasteiger partial charge in [0.15, 0.2) is 11.7 Å². The van der Waals surface area contributed by atoms with Gasteiger partial charge in [-0.05, 0) is 25.8 Å². The van der Waals surface area contributed by atoms with Gasteiger partial charge in [0.1, 0.15) is 0 Å². The number of furan rings is 1. The second-order valence-electron chi connectivity index (χ2n) is 5.86. The van der Waals surface area contributed by atoms with E-state index < -0.39 is 0 Å². The monoisotopic (exact) mass is 352 g/mol. The minimum absolute atomic E-state index is 0.152. The molecule has 0 aliphatic carbocycles. The van der Waals surface area contributed by atoms with Crippen LogP contribution in [0, 0.1) is 6.92 Å². The third-order valence-electron chi connectivity index (χ3n) is 4.10. The van der Waals surface area contributed by atoms with Gasteiger partial charge in [0.2, 0.25) is 0 Å². The van der Waals surface area contributed by atoms with E-state index in [1.54, 1.807) is 6.07 Å². The van der Waals surface area contributed by atoms with Gasteiger partial charge in [-0.1, -0.05) is 6.92 Å². The van der Waals surface area contributed by atoms with E-state index in [4.69, 9.17) is 4.42 Å². The van der Waals surface area contributed by atoms with Crippen LogP contribution in [0.1, 0.15) is 35.9 Å². The van der Waals surface area contributed by atoms with Crippen molar-refractivity contribution >= 4 is 23.6 Å². The van der Waals surface area contributed by atoms with Crippen LogP contribution in [-0.4, -0.2) is 61.0 Å². The van der Waals surface area contributed by atoms with E-state index in [9.17, 15) is 4.79 Å². The van der Waals surface area contributed by atoms with E-state index in [1.807, 2.05) is 25.7 Å². The Balaban J connectivity index is 1.67. The second kappa shape index (κ2) is 9.61. The summed E-state index contributed by atoms with van der Waals surface area (Å²) in [5, 5.41) is 6.97. The van der Waals surface area contributed by atoms with Gasteiger partial charge in [0.25, 0.3) is 5.91 Å². The van der Waals surface area contributed by atoms with Crippen LogP contribution in [0.25, 0.3) is 0 Å². The van der Waals surface area contributed by atoms with Gasteiger partial charge in [0.05, 0.1) is 6.26 Å². The molecule has 1 saturated heterocycles. The van der Waals surface area contributed by atoms with Crippen molar-refractivity contribution < 1.29 is 9.21 Å². The summed E-state index contributed by atoms with van der Waals surface area (Å²) in [7, 11) is 1.83. The minimum atomic E-state index is -0.152. The highest BCUT2D eigenvalue weighted by Gasteiger charge is 2.21. The average molecular weight is 353 g/mol. The van der Waals surface area contributed by atoms with Gasteiger partial charge in [-0.25, -0.2) is 0 Å². The third kappa shape index (κ3) is 5.19. The number of aryl methyl sites for hydroxylation is 1. The summed E-state index contributed by atoms with van der Waals surface area (Å²) in [6, 6.07) is 1.79. The van der Waals surface area contributed by atoms with Gasteiger partial charge >= 0.3 is 0 Å². The zero-order valence-corrected chi connectivity index (χ0v) is 15.6. The molecule has 1 fully saturated rings. The molecule has 2 N–H and O–H groups in total. The first kappa shape index (κ1) is 18.7. The van der Waals surface area contributed by atoms with Gasteiger partial charge in [-0.3, -0.25) is 9.79 Å². The van der Waals surface area contributed by atoms with Crippen molar-refractivity contribution in [2.24, 2.45) is 4.99 Å². The number of rotatable bonds is 6. The van der Waals surface area contributed by atoms with Crippen molar-refractivity contribution in [1.29, 1.82) is 0 Å².